The molecule has 0 bridgehead atoms. The number of carbonyl (C=O) groups is 2. The zero-order chi connectivity index (χ0) is 35.6. The van der Waals surface area contributed by atoms with Gasteiger partial charge in [-0.3, -0.25) is 13.8 Å². The lowest BCUT2D eigenvalue weighted by molar-refractivity contribution is -0.121. The number of hydrogen-bond donors (Lipinski definition) is 2. The number of hydrogen-bond acceptors (Lipinski definition) is 8. The molecule has 1 aliphatic heterocycles. The zero-order valence-electron chi connectivity index (χ0n) is 30.4. The normalized spacial score (nSPS) is 20.3. The van der Waals surface area contributed by atoms with Crippen LogP contribution in [0.3, 0.4) is 0 Å². The molecule has 49 heavy (non-hydrogen) atoms. The van der Waals surface area contributed by atoms with Crippen molar-refractivity contribution in [3.8, 4) is 0 Å². The summed E-state index contributed by atoms with van der Waals surface area (Å²) in [5.74, 6) is -0.120. The van der Waals surface area contributed by atoms with Crippen molar-refractivity contribution < 1.29 is 42.3 Å². The maximum Gasteiger partial charge on any atom is 0.508 e. The molecule has 1 aromatic carbocycles. The Morgan fingerprint density at radius 1 is 0.898 bits per heavy atom. The van der Waals surface area contributed by atoms with Crippen LogP contribution in [0.4, 0.5) is 4.79 Å². The summed E-state index contributed by atoms with van der Waals surface area (Å²) >= 11 is 0. The lowest BCUT2D eigenvalue weighted by Gasteiger charge is -2.24. The molecular formula is C37H63BNO9P. The van der Waals surface area contributed by atoms with Crippen LogP contribution in [0.2, 0.25) is 0 Å². The van der Waals surface area contributed by atoms with Crippen LogP contribution in [0.1, 0.15) is 128 Å². The van der Waals surface area contributed by atoms with Crippen LogP contribution >= 0.6 is 7.82 Å². The maximum absolute atomic E-state index is 12.3. The van der Waals surface area contributed by atoms with Crippen LogP contribution in [0.5, 0.6) is 0 Å². The van der Waals surface area contributed by atoms with Crippen LogP contribution in [0.15, 0.2) is 42.5 Å². The molecule has 1 fully saturated rings. The summed E-state index contributed by atoms with van der Waals surface area (Å²) in [6, 6.07) is 8.92. The third-order valence-electron chi connectivity index (χ3n) is 9.03. The molecule has 0 aliphatic carbocycles. The second kappa shape index (κ2) is 26.6. The lowest BCUT2D eigenvalue weighted by atomic mass is 9.82. The van der Waals surface area contributed by atoms with Gasteiger partial charge in [0.2, 0.25) is 5.91 Å². The Bertz CT molecular complexity index is 1090. The molecule has 1 saturated heterocycles. The van der Waals surface area contributed by atoms with E-state index in [9.17, 15) is 19.0 Å². The minimum Gasteiger partial charge on any atom is -0.431 e. The van der Waals surface area contributed by atoms with Crippen LogP contribution in [0, 0.1) is 5.92 Å². The molecule has 1 aromatic rings. The molecule has 2 rings (SSSR count). The van der Waals surface area contributed by atoms with E-state index in [2.05, 4.69) is 22.8 Å². The number of phosphoric acid groups is 1. The number of ether oxygens (including phenoxy) is 3. The Hall–Kier alpha value is -2.17. The minimum absolute atomic E-state index is 0.0658. The number of unbranched alkanes of at least 4 members (excludes halogenated alkanes) is 14. The Balaban J connectivity index is 1.57. The van der Waals surface area contributed by atoms with Crippen molar-refractivity contribution in [3.63, 3.8) is 0 Å². The summed E-state index contributed by atoms with van der Waals surface area (Å²) in [5, 5.41) is 3.04. The van der Waals surface area contributed by atoms with Gasteiger partial charge in [0.05, 0.1) is 0 Å². The molecule has 1 amide bonds. The molecule has 2 N–H and O–H groups in total. The van der Waals surface area contributed by atoms with E-state index >= 15 is 0 Å². The highest BCUT2D eigenvalue weighted by atomic mass is 31.2. The summed E-state index contributed by atoms with van der Waals surface area (Å²) in [6.07, 6.45) is 22.3. The van der Waals surface area contributed by atoms with Crippen LogP contribution in [-0.4, -0.2) is 63.3 Å². The van der Waals surface area contributed by atoms with Crippen molar-refractivity contribution in [1.82, 2.24) is 5.32 Å². The first kappa shape index (κ1) is 43.0. The first-order valence-electron chi connectivity index (χ1n) is 18.7. The predicted molar refractivity (Wildman–Crippen MR) is 196 cm³/mol. The van der Waals surface area contributed by atoms with Crippen molar-refractivity contribution in [2.45, 2.75) is 147 Å². The topological polar surface area (TPSA) is 130 Å². The van der Waals surface area contributed by atoms with E-state index in [4.69, 9.17) is 18.7 Å². The molecule has 0 spiro atoms. The lowest BCUT2D eigenvalue weighted by Crippen LogP contribution is -2.34. The number of nitrogens with one attached hydrogen (secondary N) is 1. The average molecular weight is 708 g/mol. The maximum atomic E-state index is 12.3. The number of carbonyl (C=O) groups excluding carboxylic acids is 2. The van der Waals surface area contributed by atoms with Crippen molar-refractivity contribution in [1.29, 1.82) is 0 Å². The van der Waals surface area contributed by atoms with Gasteiger partial charge < -0.3 is 24.4 Å². The van der Waals surface area contributed by atoms with E-state index in [1.54, 1.807) is 0 Å². The van der Waals surface area contributed by atoms with Gasteiger partial charge in [-0.1, -0.05) is 126 Å². The highest BCUT2D eigenvalue weighted by molar-refractivity contribution is 7.47. The van der Waals surface area contributed by atoms with Gasteiger partial charge in [-0.15, -0.1) is 0 Å². The first-order valence-corrected chi connectivity index (χ1v) is 20.2. The Morgan fingerprint density at radius 3 is 2.16 bits per heavy atom. The number of allylic oxidation sites excluding steroid dienone is 2. The van der Waals surface area contributed by atoms with Gasteiger partial charge in [0.25, 0.3) is 0 Å². The smallest absolute Gasteiger partial charge is 0.431 e. The third kappa shape index (κ3) is 20.3. The number of benzene rings is 1. The zero-order valence-corrected chi connectivity index (χ0v) is 31.3. The number of rotatable bonds is 28. The molecule has 1 aliphatic rings. The summed E-state index contributed by atoms with van der Waals surface area (Å²) < 4.78 is 38.8. The molecule has 1 heterocycles. The van der Waals surface area contributed by atoms with Gasteiger partial charge in [-0.05, 0) is 37.7 Å². The van der Waals surface area contributed by atoms with Crippen molar-refractivity contribution in [2.24, 2.45) is 5.92 Å². The van der Waals surface area contributed by atoms with Gasteiger partial charge in [0, 0.05) is 32.0 Å². The van der Waals surface area contributed by atoms with Gasteiger partial charge in [0.1, 0.15) is 33.3 Å². The van der Waals surface area contributed by atoms with Gasteiger partial charge >= 0.3 is 14.0 Å². The van der Waals surface area contributed by atoms with Crippen molar-refractivity contribution >= 4 is 27.7 Å². The van der Waals surface area contributed by atoms with Crippen LogP contribution < -0.4 is 5.32 Å². The third-order valence-corrected chi connectivity index (χ3v) is 10.0. The second-order valence-corrected chi connectivity index (χ2v) is 14.7. The predicted octanol–water partition coefficient (Wildman–Crippen LogP) is 8.16. The fraction of sp³-hybridized carbons (Fsp3) is 0.730. The second-order valence-electron chi connectivity index (χ2n) is 13.1. The molecule has 278 valence electrons. The fourth-order valence-electron chi connectivity index (χ4n) is 6.09. The number of phosphoric ester groups is 1. The van der Waals surface area contributed by atoms with E-state index in [-0.39, 0.29) is 31.0 Å². The van der Waals surface area contributed by atoms with E-state index in [1.807, 2.05) is 44.3 Å². The summed E-state index contributed by atoms with van der Waals surface area (Å²) in [6.45, 7) is 2.80. The minimum atomic E-state index is -4.32. The molecule has 0 aromatic heterocycles. The van der Waals surface area contributed by atoms with Gasteiger partial charge in [-0.2, -0.15) is 0 Å². The SMILES string of the molecule is B[C@@H]1O[C@H](COC(=O)OCc2ccccc2)C(OP(=O)(O)OC)[C@@H]1C/C=C/CCCCNC(=O)CCCCCCCCCCCCCCC. The standard InChI is InChI=1S/C37H63BNO9P/c1-3-4-5-6-7-8-9-10-11-12-13-16-22-27-34(40)39-28-23-17-14-15-21-26-32-35(48-49(42,43)44-2)33(47-36(32)38)30-46-37(41)45-29-31-24-19-18-20-25-31/h15,18-21,24-25,32-33,35-36H,3-14,16-17,22-23,26-30,38H2,1-2H3,(H,39,40)(H,42,43)/b21-15+/t32-,33+,35?,36+/m0/s1. The largest absolute Gasteiger partial charge is 0.508 e. The molecule has 0 saturated carbocycles. The molecule has 12 heteroatoms. The molecule has 2 unspecified atom stereocenters. The van der Waals surface area contributed by atoms with E-state index < -0.39 is 26.2 Å². The highest BCUT2D eigenvalue weighted by Gasteiger charge is 2.46. The average Bonchev–Trinajstić information content (AvgIpc) is 3.38. The Kier molecular flexibility index (Phi) is 23.4. The molecule has 10 nitrogen and oxygen atoms in total. The van der Waals surface area contributed by atoms with Crippen molar-refractivity contribution in [2.75, 3.05) is 20.3 Å². The Morgan fingerprint density at radius 2 is 1.53 bits per heavy atom. The summed E-state index contributed by atoms with van der Waals surface area (Å²) in [4.78, 5) is 34.4. The monoisotopic (exact) mass is 707 g/mol. The van der Waals surface area contributed by atoms with E-state index in [0.29, 0.717) is 19.4 Å². The van der Waals surface area contributed by atoms with Crippen molar-refractivity contribution in [3.05, 3.63) is 48.0 Å². The molecule has 0 radical (unpaired) electrons. The molecular weight excluding hydrogens is 644 g/mol. The Labute approximate surface area is 296 Å². The van der Waals surface area contributed by atoms with Gasteiger partial charge in [-0.25, -0.2) is 9.36 Å². The van der Waals surface area contributed by atoms with Crippen LogP contribution in [-0.2, 0) is 39.2 Å². The summed E-state index contributed by atoms with van der Waals surface area (Å²) in [5.41, 5.74) is 0.824. The quantitative estimate of drug-likeness (QED) is 0.0291. The van der Waals surface area contributed by atoms with E-state index in [0.717, 1.165) is 44.8 Å². The highest BCUT2D eigenvalue weighted by Crippen LogP contribution is 2.48. The fourth-order valence-corrected chi connectivity index (χ4v) is 6.77. The van der Waals surface area contributed by atoms with Gasteiger partial charge in [0.15, 0.2) is 0 Å². The van der Waals surface area contributed by atoms with Crippen LogP contribution in [0.25, 0.3) is 0 Å². The first-order chi connectivity index (χ1) is 23.8. The van der Waals surface area contributed by atoms with E-state index in [1.165, 1.54) is 70.6 Å². The molecule has 5 atom stereocenters. The number of amides is 1. The summed E-state index contributed by atoms with van der Waals surface area (Å²) in [7, 11) is -1.36.